The molecule has 5 heteroatoms. The van der Waals surface area contributed by atoms with E-state index in [9.17, 15) is 14.7 Å². The lowest BCUT2D eigenvalue weighted by molar-refractivity contribution is -0.141. The molecule has 2 aromatic rings. The molecule has 0 aromatic heterocycles. The number of carbonyl (C=O) groups is 2. The molecule has 5 nitrogen and oxygen atoms in total. The van der Waals surface area contributed by atoms with Crippen LogP contribution in [0.3, 0.4) is 0 Å². The maximum absolute atomic E-state index is 12.2. The van der Waals surface area contributed by atoms with Gasteiger partial charge >= 0.3 is 5.97 Å². The van der Waals surface area contributed by atoms with Crippen LogP contribution < -0.4 is 5.32 Å². The predicted octanol–water partition coefficient (Wildman–Crippen LogP) is 1.80. The molecule has 1 atom stereocenters. The molecule has 0 saturated heterocycles. The van der Waals surface area contributed by atoms with Crippen molar-refractivity contribution in [3.63, 3.8) is 0 Å². The Bertz CT molecular complexity index is 674. The van der Waals surface area contributed by atoms with Gasteiger partial charge in [0.05, 0.1) is 12.0 Å². The van der Waals surface area contributed by atoms with E-state index in [0.717, 1.165) is 10.8 Å². The number of hydrogen-bond donors (Lipinski definition) is 3. The second-order valence-corrected chi connectivity index (χ2v) is 5.28. The van der Waals surface area contributed by atoms with Crippen LogP contribution in [0.2, 0.25) is 0 Å². The minimum Gasteiger partial charge on any atom is -0.481 e. The maximum atomic E-state index is 12.2. The Morgan fingerprint density at radius 3 is 2.52 bits per heavy atom. The normalized spacial score (nSPS) is 13.6. The van der Waals surface area contributed by atoms with Gasteiger partial charge in [0.2, 0.25) is 0 Å². The fourth-order valence-electron chi connectivity index (χ4n) is 2.18. The fourth-order valence-corrected chi connectivity index (χ4v) is 2.18. The number of benzene rings is 2. The number of carboxylic acid groups (broad SMARTS) is 1. The molecule has 0 aliphatic rings. The maximum Gasteiger partial charge on any atom is 0.306 e. The van der Waals surface area contributed by atoms with E-state index in [4.69, 9.17) is 5.11 Å². The lowest BCUT2D eigenvalue weighted by Crippen LogP contribution is -2.42. The molecule has 0 spiro atoms. The molecular formula is C16H17NO4. The van der Waals surface area contributed by atoms with Crippen LogP contribution in [0.1, 0.15) is 23.7 Å². The highest BCUT2D eigenvalue weighted by atomic mass is 16.4. The van der Waals surface area contributed by atoms with Gasteiger partial charge in [0.1, 0.15) is 0 Å². The minimum atomic E-state index is -1.48. The minimum absolute atomic E-state index is 0.124. The van der Waals surface area contributed by atoms with E-state index in [-0.39, 0.29) is 12.5 Å². The number of fused-ring (bicyclic) bond motifs is 1. The lowest BCUT2D eigenvalue weighted by atomic mass is 10.0. The number of aliphatic carboxylic acids is 1. The highest BCUT2D eigenvalue weighted by Gasteiger charge is 2.25. The first-order valence-corrected chi connectivity index (χ1v) is 6.59. The molecule has 0 bridgehead atoms. The smallest absolute Gasteiger partial charge is 0.306 e. The van der Waals surface area contributed by atoms with Crippen molar-refractivity contribution < 1.29 is 19.8 Å². The number of amides is 1. The van der Waals surface area contributed by atoms with Gasteiger partial charge < -0.3 is 15.5 Å². The van der Waals surface area contributed by atoms with Crippen molar-refractivity contribution in [2.75, 3.05) is 6.54 Å². The first-order valence-electron chi connectivity index (χ1n) is 6.59. The second kappa shape index (κ2) is 5.93. The summed E-state index contributed by atoms with van der Waals surface area (Å²) in [5, 5.41) is 22.9. The number of carbonyl (C=O) groups excluding carboxylic acids is 1. The highest BCUT2D eigenvalue weighted by Crippen LogP contribution is 2.18. The monoisotopic (exact) mass is 287 g/mol. The molecule has 0 aliphatic carbocycles. The Kier molecular flexibility index (Phi) is 4.23. The molecule has 0 heterocycles. The summed E-state index contributed by atoms with van der Waals surface area (Å²) in [6.07, 6.45) is -0.428. The molecule has 1 amide bonds. The molecule has 2 aromatic carbocycles. The highest BCUT2D eigenvalue weighted by molar-refractivity contribution is 6.07. The molecule has 2 rings (SSSR count). The van der Waals surface area contributed by atoms with Crippen LogP contribution in [-0.2, 0) is 4.79 Å². The van der Waals surface area contributed by atoms with Crippen LogP contribution in [0.5, 0.6) is 0 Å². The first kappa shape index (κ1) is 15.0. The van der Waals surface area contributed by atoms with Crippen LogP contribution in [0.4, 0.5) is 0 Å². The van der Waals surface area contributed by atoms with Crippen molar-refractivity contribution in [3.05, 3.63) is 48.0 Å². The Hall–Kier alpha value is -2.40. The van der Waals surface area contributed by atoms with Gasteiger partial charge in [-0.15, -0.1) is 0 Å². The summed E-state index contributed by atoms with van der Waals surface area (Å²) in [5.74, 6) is -1.45. The van der Waals surface area contributed by atoms with E-state index in [1.807, 2.05) is 30.3 Å². The zero-order chi connectivity index (χ0) is 15.5. The summed E-state index contributed by atoms with van der Waals surface area (Å²) < 4.78 is 0. The summed E-state index contributed by atoms with van der Waals surface area (Å²) in [5.41, 5.74) is -0.981. The van der Waals surface area contributed by atoms with Gasteiger partial charge in [0.25, 0.3) is 5.91 Å². The molecule has 0 aliphatic heterocycles. The first-order chi connectivity index (χ1) is 9.89. The predicted molar refractivity (Wildman–Crippen MR) is 79.2 cm³/mol. The van der Waals surface area contributed by atoms with Crippen molar-refractivity contribution in [3.8, 4) is 0 Å². The van der Waals surface area contributed by atoms with Gasteiger partial charge in [-0.1, -0.05) is 36.4 Å². The average Bonchev–Trinajstić information content (AvgIpc) is 2.43. The Balaban J connectivity index is 2.14. The Morgan fingerprint density at radius 1 is 1.14 bits per heavy atom. The fraction of sp³-hybridized carbons (Fsp3) is 0.250. The third-order valence-corrected chi connectivity index (χ3v) is 3.20. The van der Waals surface area contributed by atoms with E-state index in [1.54, 1.807) is 12.1 Å². The van der Waals surface area contributed by atoms with Gasteiger partial charge in [-0.25, -0.2) is 0 Å². The summed E-state index contributed by atoms with van der Waals surface area (Å²) in [6, 6.07) is 12.9. The number of hydrogen-bond acceptors (Lipinski definition) is 3. The number of aliphatic hydroxyl groups is 1. The van der Waals surface area contributed by atoms with Gasteiger partial charge in [0, 0.05) is 12.1 Å². The zero-order valence-electron chi connectivity index (χ0n) is 11.7. The Labute approximate surface area is 122 Å². The van der Waals surface area contributed by atoms with Crippen LogP contribution in [0.15, 0.2) is 42.5 Å². The van der Waals surface area contributed by atoms with Crippen molar-refractivity contribution in [2.24, 2.45) is 0 Å². The van der Waals surface area contributed by atoms with Crippen molar-refractivity contribution >= 4 is 22.6 Å². The van der Waals surface area contributed by atoms with E-state index in [2.05, 4.69) is 5.32 Å². The molecule has 0 fully saturated rings. The molecule has 3 N–H and O–H groups in total. The zero-order valence-corrected chi connectivity index (χ0v) is 11.7. The van der Waals surface area contributed by atoms with E-state index >= 15 is 0 Å². The van der Waals surface area contributed by atoms with E-state index in [0.29, 0.717) is 5.56 Å². The largest absolute Gasteiger partial charge is 0.481 e. The average molecular weight is 287 g/mol. The van der Waals surface area contributed by atoms with E-state index < -0.39 is 18.0 Å². The quantitative estimate of drug-likeness (QED) is 0.782. The summed E-state index contributed by atoms with van der Waals surface area (Å²) in [7, 11) is 0. The second-order valence-electron chi connectivity index (χ2n) is 5.28. The van der Waals surface area contributed by atoms with Gasteiger partial charge in [-0.2, -0.15) is 0 Å². The lowest BCUT2D eigenvalue weighted by Gasteiger charge is -2.21. The molecule has 0 saturated carbocycles. The molecule has 1 unspecified atom stereocenters. The third kappa shape index (κ3) is 3.79. The van der Waals surface area contributed by atoms with Crippen LogP contribution in [-0.4, -0.2) is 34.2 Å². The molecule has 21 heavy (non-hydrogen) atoms. The van der Waals surface area contributed by atoms with Crippen molar-refractivity contribution in [1.82, 2.24) is 5.32 Å². The van der Waals surface area contributed by atoms with Crippen LogP contribution in [0.25, 0.3) is 10.8 Å². The summed E-state index contributed by atoms with van der Waals surface area (Å²) in [6.45, 7) is 1.26. The molecule has 0 radical (unpaired) electrons. The summed E-state index contributed by atoms with van der Waals surface area (Å²) >= 11 is 0. The van der Waals surface area contributed by atoms with Crippen LogP contribution >= 0.6 is 0 Å². The Morgan fingerprint density at radius 2 is 1.81 bits per heavy atom. The molecule has 110 valence electrons. The topological polar surface area (TPSA) is 86.6 Å². The van der Waals surface area contributed by atoms with Crippen LogP contribution in [0, 0.1) is 0 Å². The standard InChI is InChI=1S/C16H17NO4/c1-16(21,9-14(18)19)10-17-15(20)13-8-4-6-11-5-2-3-7-12(11)13/h2-8,21H,9-10H2,1H3,(H,17,20)(H,18,19). The van der Waals surface area contributed by atoms with Crippen molar-refractivity contribution in [1.29, 1.82) is 0 Å². The van der Waals surface area contributed by atoms with E-state index in [1.165, 1.54) is 6.92 Å². The number of rotatable bonds is 5. The van der Waals surface area contributed by atoms with Gasteiger partial charge in [0.15, 0.2) is 0 Å². The summed E-state index contributed by atoms with van der Waals surface area (Å²) in [4.78, 5) is 22.9. The van der Waals surface area contributed by atoms with Gasteiger partial charge in [-0.3, -0.25) is 9.59 Å². The molecular weight excluding hydrogens is 270 g/mol. The van der Waals surface area contributed by atoms with Crippen molar-refractivity contribution in [2.45, 2.75) is 18.9 Å². The number of nitrogens with one attached hydrogen (secondary N) is 1. The third-order valence-electron chi connectivity index (χ3n) is 3.20. The van der Waals surface area contributed by atoms with Gasteiger partial charge in [-0.05, 0) is 23.8 Å². The SMILES string of the molecule is CC(O)(CNC(=O)c1cccc2ccccc12)CC(=O)O. The number of carboxylic acids is 1.